The summed E-state index contributed by atoms with van der Waals surface area (Å²) in [5.41, 5.74) is 8.47. The second kappa shape index (κ2) is 4.73. The highest BCUT2D eigenvalue weighted by Crippen LogP contribution is 2.23. The van der Waals surface area contributed by atoms with E-state index in [0.717, 1.165) is 13.0 Å². The lowest BCUT2D eigenvalue weighted by atomic mass is 9.86. The topological polar surface area (TPSA) is 46.3 Å². The Labute approximate surface area is 109 Å². The van der Waals surface area contributed by atoms with Crippen molar-refractivity contribution in [2.45, 2.75) is 39.8 Å². The quantitative estimate of drug-likeness (QED) is 0.823. The summed E-state index contributed by atoms with van der Waals surface area (Å²) in [6.45, 7) is 7.49. The predicted octanol–water partition coefficient (Wildman–Crippen LogP) is 1.94. The molecule has 1 aliphatic rings. The van der Waals surface area contributed by atoms with E-state index in [0.29, 0.717) is 6.54 Å². The number of hydrogen-bond donors (Lipinski definition) is 1. The maximum absolute atomic E-state index is 12.4. The van der Waals surface area contributed by atoms with Crippen molar-refractivity contribution in [1.29, 1.82) is 0 Å². The molecule has 1 amide bonds. The second-order valence-electron chi connectivity index (χ2n) is 6.12. The van der Waals surface area contributed by atoms with Gasteiger partial charge in [0.1, 0.15) is 0 Å². The fourth-order valence-electron chi connectivity index (χ4n) is 2.25. The van der Waals surface area contributed by atoms with Crippen molar-refractivity contribution in [3.05, 3.63) is 35.4 Å². The van der Waals surface area contributed by atoms with Crippen LogP contribution in [0.5, 0.6) is 0 Å². The van der Waals surface area contributed by atoms with E-state index in [2.05, 4.69) is 18.2 Å². The molecule has 1 heterocycles. The molecule has 1 aromatic carbocycles. The van der Waals surface area contributed by atoms with Crippen LogP contribution >= 0.6 is 0 Å². The molecule has 0 radical (unpaired) electrons. The Morgan fingerprint density at radius 3 is 2.50 bits per heavy atom. The lowest BCUT2D eigenvalue weighted by Gasteiger charge is -2.34. The zero-order chi connectivity index (χ0) is 13.3. The second-order valence-corrected chi connectivity index (χ2v) is 6.12. The van der Waals surface area contributed by atoms with Gasteiger partial charge < -0.3 is 10.6 Å². The molecule has 0 fully saturated rings. The lowest BCUT2D eigenvalue weighted by molar-refractivity contribution is -0.135. The van der Waals surface area contributed by atoms with Crippen molar-refractivity contribution in [2.24, 2.45) is 11.1 Å². The van der Waals surface area contributed by atoms with E-state index in [1.165, 1.54) is 11.1 Å². The summed E-state index contributed by atoms with van der Waals surface area (Å²) in [4.78, 5) is 14.2. The van der Waals surface area contributed by atoms with Crippen LogP contribution in [0.2, 0.25) is 0 Å². The van der Waals surface area contributed by atoms with E-state index in [1.807, 2.05) is 31.7 Å². The number of nitrogens with zero attached hydrogens (tertiary/aromatic N) is 1. The fourth-order valence-corrected chi connectivity index (χ4v) is 2.25. The van der Waals surface area contributed by atoms with Crippen LogP contribution in [0.3, 0.4) is 0 Å². The number of fused-ring (bicyclic) bond motifs is 1. The molecule has 2 N–H and O–H groups in total. The lowest BCUT2D eigenvalue weighted by Crippen LogP contribution is -2.51. The van der Waals surface area contributed by atoms with Crippen molar-refractivity contribution >= 4 is 5.91 Å². The summed E-state index contributed by atoms with van der Waals surface area (Å²) >= 11 is 0. The number of amides is 1. The fraction of sp³-hybridized carbons (Fsp3) is 0.533. The monoisotopic (exact) mass is 246 g/mol. The summed E-state index contributed by atoms with van der Waals surface area (Å²) in [5.74, 6) is 0.0667. The van der Waals surface area contributed by atoms with E-state index in [-0.39, 0.29) is 11.3 Å². The Balaban J connectivity index is 2.12. The Morgan fingerprint density at radius 1 is 1.28 bits per heavy atom. The first-order valence-electron chi connectivity index (χ1n) is 6.51. The van der Waals surface area contributed by atoms with Crippen molar-refractivity contribution < 1.29 is 4.79 Å². The standard InChI is InChI=1S/C15H22N2O/c1-15(2,3)13(16)14(18)17-9-8-11-6-4-5-7-12(11)10-17/h4-7,13H,8-10,16H2,1-3H3/t13-/m1/s1. The molecule has 18 heavy (non-hydrogen) atoms. The highest BCUT2D eigenvalue weighted by atomic mass is 16.2. The van der Waals surface area contributed by atoms with Crippen molar-refractivity contribution in [1.82, 2.24) is 4.90 Å². The van der Waals surface area contributed by atoms with E-state index in [9.17, 15) is 4.79 Å². The van der Waals surface area contributed by atoms with Crippen LogP contribution in [-0.2, 0) is 17.8 Å². The van der Waals surface area contributed by atoms with Crippen LogP contribution in [0.25, 0.3) is 0 Å². The van der Waals surface area contributed by atoms with Crippen LogP contribution in [0.1, 0.15) is 31.9 Å². The molecule has 1 aromatic rings. The van der Waals surface area contributed by atoms with Crippen LogP contribution < -0.4 is 5.73 Å². The number of carbonyl (C=O) groups excluding carboxylic acids is 1. The molecular weight excluding hydrogens is 224 g/mol. The molecule has 0 unspecified atom stereocenters. The van der Waals surface area contributed by atoms with Crippen LogP contribution in [0.15, 0.2) is 24.3 Å². The molecular formula is C15H22N2O. The Hall–Kier alpha value is -1.35. The predicted molar refractivity (Wildman–Crippen MR) is 73.0 cm³/mol. The van der Waals surface area contributed by atoms with E-state index in [1.54, 1.807) is 0 Å². The van der Waals surface area contributed by atoms with Crippen LogP contribution in [-0.4, -0.2) is 23.4 Å². The number of nitrogens with two attached hydrogens (primary N) is 1. The maximum Gasteiger partial charge on any atom is 0.240 e. The van der Waals surface area contributed by atoms with Crippen LogP contribution in [0.4, 0.5) is 0 Å². The molecule has 0 saturated carbocycles. The van der Waals surface area contributed by atoms with Gasteiger partial charge >= 0.3 is 0 Å². The van der Waals surface area contributed by atoms with Gasteiger partial charge in [0.25, 0.3) is 0 Å². The Bertz CT molecular complexity index is 448. The summed E-state index contributed by atoms with van der Waals surface area (Å²) in [6.07, 6.45) is 0.929. The van der Waals surface area contributed by atoms with Gasteiger partial charge in [-0.25, -0.2) is 0 Å². The molecule has 0 aliphatic carbocycles. The first-order chi connectivity index (χ1) is 8.39. The number of carbonyl (C=O) groups is 1. The molecule has 98 valence electrons. The minimum Gasteiger partial charge on any atom is -0.337 e. The normalized spacial score (nSPS) is 17.2. The van der Waals surface area contributed by atoms with Gasteiger partial charge in [0.15, 0.2) is 0 Å². The Morgan fingerprint density at radius 2 is 1.89 bits per heavy atom. The van der Waals surface area contributed by atoms with Gasteiger partial charge in [-0.05, 0) is 23.0 Å². The summed E-state index contributed by atoms with van der Waals surface area (Å²) in [7, 11) is 0. The van der Waals surface area contributed by atoms with E-state index < -0.39 is 6.04 Å². The first-order valence-corrected chi connectivity index (χ1v) is 6.51. The van der Waals surface area contributed by atoms with Crippen molar-refractivity contribution in [2.75, 3.05) is 6.54 Å². The molecule has 0 spiro atoms. The number of rotatable bonds is 1. The molecule has 0 bridgehead atoms. The van der Waals surface area contributed by atoms with Gasteiger partial charge in [0.2, 0.25) is 5.91 Å². The zero-order valence-electron chi connectivity index (χ0n) is 11.4. The van der Waals surface area contributed by atoms with Crippen LogP contribution in [0, 0.1) is 5.41 Å². The van der Waals surface area contributed by atoms with E-state index in [4.69, 9.17) is 5.73 Å². The van der Waals surface area contributed by atoms with Crippen molar-refractivity contribution in [3.63, 3.8) is 0 Å². The minimum atomic E-state index is -0.428. The van der Waals surface area contributed by atoms with E-state index >= 15 is 0 Å². The third kappa shape index (κ3) is 2.56. The molecule has 0 saturated heterocycles. The molecule has 2 rings (SSSR count). The highest BCUT2D eigenvalue weighted by Gasteiger charge is 2.32. The van der Waals surface area contributed by atoms with Gasteiger partial charge in [0, 0.05) is 13.1 Å². The van der Waals surface area contributed by atoms with Crippen molar-refractivity contribution in [3.8, 4) is 0 Å². The average molecular weight is 246 g/mol. The van der Waals surface area contributed by atoms with Gasteiger partial charge in [-0.2, -0.15) is 0 Å². The number of hydrogen-bond acceptors (Lipinski definition) is 2. The minimum absolute atomic E-state index is 0.0667. The highest BCUT2D eigenvalue weighted by molar-refractivity contribution is 5.82. The smallest absolute Gasteiger partial charge is 0.240 e. The summed E-state index contributed by atoms with van der Waals surface area (Å²) in [5, 5.41) is 0. The summed E-state index contributed by atoms with van der Waals surface area (Å²) < 4.78 is 0. The third-order valence-corrected chi connectivity index (χ3v) is 3.64. The van der Waals surface area contributed by atoms with Gasteiger partial charge in [-0.15, -0.1) is 0 Å². The molecule has 1 atom stereocenters. The maximum atomic E-state index is 12.4. The first kappa shape index (κ1) is 13.1. The average Bonchev–Trinajstić information content (AvgIpc) is 2.35. The molecule has 3 heteroatoms. The molecule has 1 aliphatic heterocycles. The molecule has 0 aromatic heterocycles. The Kier molecular flexibility index (Phi) is 3.44. The largest absolute Gasteiger partial charge is 0.337 e. The third-order valence-electron chi connectivity index (χ3n) is 3.64. The van der Waals surface area contributed by atoms with Gasteiger partial charge in [-0.1, -0.05) is 45.0 Å². The summed E-state index contributed by atoms with van der Waals surface area (Å²) in [6, 6.07) is 7.88. The number of benzene rings is 1. The van der Waals surface area contributed by atoms with Gasteiger partial charge in [-0.3, -0.25) is 4.79 Å². The van der Waals surface area contributed by atoms with Gasteiger partial charge in [0.05, 0.1) is 6.04 Å². The zero-order valence-corrected chi connectivity index (χ0v) is 11.4. The SMILES string of the molecule is CC(C)(C)[C@H](N)C(=O)N1CCc2ccccc2C1. The molecule has 3 nitrogen and oxygen atoms in total.